The van der Waals surface area contributed by atoms with E-state index < -0.39 is 0 Å². The number of rotatable bonds is 6. The summed E-state index contributed by atoms with van der Waals surface area (Å²) in [5.74, 6) is 0. The van der Waals surface area contributed by atoms with Crippen LogP contribution in [0.4, 0.5) is 0 Å². The summed E-state index contributed by atoms with van der Waals surface area (Å²) in [6.45, 7) is 5.23. The number of aryl methyl sites for hydroxylation is 2. The van der Waals surface area contributed by atoms with Crippen molar-refractivity contribution in [3.63, 3.8) is 0 Å². The van der Waals surface area contributed by atoms with E-state index in [2.05, 4.69) is 29.5 Å². The molecule has 1 fully saturated rings. The fraction of sp³-hybridized carbons (Fsp3) is 0.571. The normalized spacial score (nSPS) is 15.1. The highest BCUT2D eigenvalue weighted by Gasteiger charge is 2.21. The lowest BCUT2D eigenvalue weighted by Gasteiger charge is -2.00. The standard InChI is InChI=1S/C14H19N3S2/c1-3-12-13(7-15-10-4-5-10)19-14(17-12)6-11-8-18-9(2)16-11/h8,10,15H,3-7H2,1-2H3. The Morgan fingerprint density at radius 1 is 1.37 bits per heavy atom. The van der Waals surface area contributed by atoms with E-state index in [0.29, 0.717) is 0 Å². The van der Waals surface area contributed by atoms with Gasteiger partial charge in [-0.15, -0.1) is 22.7 Å². The van der Waals surface area contributed by atoms with E-state index in [1.54, 1.807) is 11.3 Å². The Labute approximate surface area is 122 Å². The van der Waals surface area contributed by atoms with Crippen molar-refractivity contribution in [3.8, 4) is 0 Å². The largest absolute Gasteiger partial charge is 0.309 e. The quantitative estimate of drug-likeness (QED) is 0.888. The molecule has 0 spiro atoms. The zero-order chi connectivity index (χ0) is 13.2. The van der Waals surface area contributed by atoms with Crippen LogP contribution in [0.3, 0.4) is 0 Å². The Morgan fingerprint density at radius 2 is 2.21 bits per heavy atom. The molecule has 1 saturated carbocycles. The molecule has 0 aromatic carbocycles. The molecule has 0 amide bonds. The zero-order valence-corrected chi connectivity index (χ0v) is 13.0. The van der Waals surface area contributed by atoms with Crippen LogP contribution in [0.25, 0.3) is 0 Å². The van der Waals surface area contributed by atoms with Crippen molar-refractivity contribution in [2.24, 2.45) is 0 Å². The van der Waals surface area contributed by atoms with Crippen LogP contribution >= 0.6 is 22.7 Å². The lowest BCUT2D eigenvalue weighted by Crippen LogP contribution is -2.15. The van der Waals surface area contributed by atoms with Gasteiger partial charge in [-0.2, -0.15) is 0 Å². The topological polar surface area (TPSA) is 37.8 Å². The predicted molar refractivity (Wildman–Crippen MR) is 81.0 cm³/mol. The summed E-state index contributed by atoms with van der Waals surface area (Å²) in [7, 11) is 0. The fourth-order valence-electron chi connectivity index (χ4n) is 2.10. The molecular formula is C14H19N3S2. The molecule has 2 aromatic rings. The number of thiazole rings is 2. The van der Waals surface area contributed by atoms with Crippen LogP contribution in [0.1, 0.15) is 46.0 Å². The summed E-state index contributed by atoms with van der Waals surface area (Å²) in [6.07, 6.45) is 4.58. The molecule has 1 N–H and O–H groups in total. The Morgan fingerprint density at radius 3 is 2.84 bits per heavy atom. The SMILES string of the molecule is CCc1nc(Cc2csc(C)n2)sc1CNC1CC1. The Kier molecular flexibility index (Phi) is 3.96. The van der Waals surface area contributed by atoms with Crippen molar-refractivity contribution in [1.29, 1.82) is 0 Å². The van der Waals surface area contributed by atoms with Crippen LogP contribution in [0.2, 0.25) is 0 Å². The van der Waals surface area contributed by atoms with Gasteiger partial charge in [0.05, 0.1) is 21.4 Å². The Bertz CT molecular complexity index is 555. The average Bonchev–Trinajstić information content (AvgIpc) is 3.02. The first-order chi connectivity index (χ1) is 9.24. The van der Waals surface area contributed by atoms with Crippen LogP contribution in [-0.4, -0.2) is 16.0 Å². The van der Waals surface area contributed by atoms with Gasteiger partial charge in [-0.3, -0.25) is 0 Å². The maximum Gasteiger partial charge on any atom is 0.0991 e. The summed E-state index contributed by atoms with van der Waals surface area (Å²) >= 11 is 3.57. The average molecular weight is 293 g/mol. The fourth-order valence-corrected chi connectivity index (χ4v) is 3.83. The molecule has 0 unspecified atom stereocenters. The highest BCUT2D eigenvalue weighted by Crippen LogP contribution is 2.25. The second-order valence-electron chi connectivity index (χ2n) is 5.02. The second-order valence-corrected chi connectivity index (χ2v) is 7.25. The number of hydrogen-bond donors (Lipinski definition) is 1. The molecule has 0 atom stereocenters. The maximum atomic E-state index is 4.77. The first-order valence-corrected chi connectivity index (χ1v) is 8.56. The molecule has 0 radical (unpaired) electrons. The van der Waals surface area contributed by atoms with Gasteiger partial charge in [0.1, 0.15) is 0 Å². The first kappa shape index (κ1) is 13.2. The molecule has 1 aliphatic carbocycles. The number of aromatic nitrogens is 2. The van der Waals surface area contributed by atoms with Crippen LogP contribution in [0.15, 0.2) is 5.38 Å². The van der Waals surface area contributed by atoms with Crippen LogP contribution in [-0.2, 0) is 19.4 Å². The Balaban J connectivity index is 1.70. The molecule has 3 nitrogen and oxygen atoms in total. The lowest BCUT2D eigenvalue weighted by molar-refractivity contribution is 0.689. The monoisotopic (exact) mass is 293 g/mol. The molecule has 0 aliphatic heterocycles. The van der Waals surface area contributed by atoms with E-state index in [-0.39, 0.29) is 0 Å². The smallest absolute Gasteiger partial charge is 0.0991 e. The van der Waals surface area contributed by atoms with Crippen molar-refractivity contribution in [2.75, 3.05) is 0 Å². The minimum Gasteiger partial charge on any atom is -0.309 e. The number of hydrogen-bond acceptors (Lipinski definition) is 5. The molecule has 5 heteroatoms. The van der Waals surface area contributed by atoms with E-state index in [1.165, 1.54) is 28.4 Å². The predicted octanol–water partition coefficient (Wildman–Crippen LogP) is 3.31. The van der Waals surface area contributed by atoms with Gasteiger partial charge in [0, 0.05) is 29.3 Å². The maximum absolute atomic E-state index is 4.77. The first-order valence-electron chi connectivity index (χ1n) is 6.86. The molecular weight excluding hydrogens is 274 g/mol. The minimum atomic E-state index is 0.761. The van der Waals surface area contributed by atoms with Gasteiger partial charge in [-0.25, -0.2) is 9.97 Å². The molecule has 19 heavy (non-hydrogen) atoms. The van der Waals surface area contributed by atoms with Gasteiger partial charge >= 0.3 is 0 Å². The third-order valence-electron chi connectivity index (χ3n) is 3.28. The zero-order valence-electron chi connectivity index (χ0n) is 11.4. The van der Waals surface area contributed by atoms with Crippen molar-refractivity contribution >= 4 is 22.7 Å². The molecule has 2 aromatic heterocycles. The van der Waals surface area contributed by atoms with E-state index in [1.807, 2.05) is 11.3 Å². The highest BCUT2D eigenvalue weighted by atomic mass is 32.1. The minimum absolute atomic E-state index is 0.761. The van der Waals surface area contributed by atoms with Gasteiger partial charge < -0.3 is 5.32 Å². The van der Waals surface area contributed by atoms with Crippen LogP contribution in [0, 0.1) is 6.92 Å². The molecule has 1 aliphatic rings. The summed E-state index contributed by atoms with van der Waals surface area (Å²) in [4.78, 5) is 10.7. The van der Waals surface area contributed by atoms with Gasteiger partial charge in [0.2, 0.25) is 0 Å². The number of nitrogens with one attached hydrogen (secondary N) is 1. The number of nitrogens with zero attached hydrogens (tertiary/aromatic N) is 2. The van der Waals surface area contributed by atoms with Crippen LogP contribution < -0.4 is 5.32 Å². The van der Waals surface area contributed by atoms with Crippen molar-refractivity contribution in [2.45, 2.75) is 52.1 Å². The highest BCUT2D eigenvalue weighted by molar-refractivity contribution is 7.11. The third kappa shape index (κ3) is 3.41. The van der Waals surface area contributed by atoms with Crippen molar-refractivity contribution < 1.29 is 0 Å². The van der Waals surface area contributed by atoms with E-state index >= 15 is 0 Å². The summed E-state index contributed by atoms with van der Waals surface area (Å²) in [6, 6.07) is 0.761. The third-order valence-corrected chi connectivity index (χ3v) is 5.20. The van der Waals surface area contributed by atoms with Crippen molar-refractivity contribution in [1.82, 2.24) is 15.3 Å². The summed E-state index contributed by atoms with van der Waals surface area (Å²) in [5, 5.41) is 8.07. The van der Waals surface area contributed by atoms with Gasteiger partial charge in [-0.1, -0.05) is 6.92 Å². The van der Waals surface area contributed by atoms with Crippen LogP contribution in [0.5, 0.6) is 0 Å². The molecule has 0 saturated heterocycles. The lowest BCUT2D eigenvalue weighted by atomic mass is 10.3. The van der Waals surface area contributed by atoms with E-state index in [0.717, 1.165) is 36.1 Å². The summed E-state index contributed by atoms with van der Waals surface area (Å²) < 4.78 is 0. The van der Waals surface area contributed by atoms with Crippen molar-refractivity contribution in [3.05, 3.63) is 31.7 Å². The molecule has 0 bridgehead atoms. The van der Waals surface area contributed by atoms with Gasteiger partial charge in [0.15, 0.2) is 0 Å². The van der Waals surface area contributed by atoms with Gasteiger partial charge in [-0.05, 0) is 26.2 Å². The Hall–Kier alpha value is -0.780. The summed E-state index contributed by atoms with van der Waals surface area (Å²) in [5.41, 5.74) is 2.42. The molecule has 3 rings (SSSR count). The van der Waals surface area contributed by atoms with Gasteiger partial charge in [0.25, 0.3) is 0 Å². The second kappa shape index (κ2) is 5.69. The van der Waals surface area contributed by atoms with E-state index in [4.69, 9.17) is 4.98 Å². The molecule has 2 heterocycles. The van der Waals surface area contributed by atoms with E-state index in [9.17, 15) is 0 Å². The molecule has 102 valence electrons.